The highest BCUT2D eigenvalue weighted by atomic mass is 35.5. The zero-order valence-corrected chi connectivity index (χ0v) is 9.24. The molecule has 0 spiro atoms. The van der Waals surface area contributed by atoms with Crippen LogP contribution in [0.15, 0.2) is 24.3 Å². The first-order valence-electron chi connectivity index (χ1n) is 4.80. The van der Waals surface area contributed by atoms with E-state index < -0.39 is 12.0 Å². The molecule has 4 heteroatoms. The Morgan fingerprint density at radius 3 is 2.40 bits per heavy atom. The highest BCUT2D eigenvalue weighted by molar-refractivity contribution is 6.30. The molecule has 2 atom stereocenters. The smallest absolute Gasteiger partial charge is 0.321 e. The fourth-order valence-corrected chi connectivity index (χ4v) is 1.71. The molecule has 0 bridgehead atoms. The molecule has 1 unspecified atom stereocenters. The molecule has 0 saturated carbocycles. The summed E-state index contributed by atoms with van der Waals surface area (Å²) in [5, 5.41) is 9.48. The van der Waals surface area contributed by atoms with Gasteiger partial charge in [0, 0.05) is 10.9 Å². The van der Waals surface area contributed by atoms with E-state index in [0.29, 0.717) is 11.4 Å². The molecular formula is C11H14ClNO2. The summed E-state index contributed by atoms with van der Waals surface area (Å²) < 4.78 is 0. The van der Waals surface area contributed by atoms with Gasteiger partial charge in [0.1, 0.15) is 6.04 Å². The number of benzene rings is 1. The lowest BCUT2D eigenvalue weighted by Crippen LogP contribution is -2.36. The van der Waals surface area contributed by atoms with Crippen LogP contribution in [-0.2, 0) is 4.79 Å². The normalized spacial score (nSPS) is 14.6. The predicted molar refractivity (Wildman–Crippen MR) is 60.1 cm³/mol. The molecule has 0 aromatic heterocycles. The van der Waals surface area contributed by atoms with Gasteiger partial charge in [-0.2, -0.15) is 0 Å². The first-order chi connectivity index (χ1) is 7.06. The Morgan fingerprint density at radius 1 is 1.47 bits per heavy atom. The molecule has 0 aliphatic heterocycles. The Kier molecular flexibility index (Phi) is 4.12. The van der Waals surface area contributed by atoms with Crippen molar-refractivity contribution in [2.75, 3.05) is 0 Å². The number of halogens is 1. The van der Waals surface area contributed by atoms with Crippen molar-refractivity contribution in [3.63, 3.8) is 0 Å². The molecule has 0 aliphatic carbocycles. The van der Waals surface area contributed by atoms with Gasteiger partial charge in [-0.1, -0.05) is 30.7 Å². The van der Waals surface area contributed by atoms with E-state index in [0.717, 1.165) is 5.56 Å². The minimum Gasteiger partial charge on any atom is -0.480 e. The molecule has 0 amide bonds. The lowest BCUT2D eigenvalue weighted by atomic mass is 9.90. The summed E-state index contributed by atoms with van der Waals surface area (Å²) in [6.45, 7) is 1.92. The SMILES string of the molecule is CCC(c1ccc(Cl)cc1)[C@H](N)C(=O)O. The molecule has 0 aliphatic rings. The maximum Gasteiger partial charge on any atom is 0.321 e. The summed E-state index contributed by atoms with van der Waals surface area (Å²) in [6, 6.07) is 6.26. The van der Waals surface area contributed by atoms with Crippen molar-refractivity contribution in [1.29, 1.82) is 0 Å². The summed E-state index contributed by atoms with van der Waals surface area (Å²) in [4.78, 5) is 10.8. The van der Waals surface area contributed by atoms with E-state index in [1.807, 2.05) is 19.1 Å². The van der Waals surface area contributed by atoms with Gasteiger partial charge in [0.2, 0.25) is 0 Å². The van der Waals surface area contributed by atoms with Gasteiger partial charge in [0.05, 0.1) is 0 Å². The molecule has 82 valence electrons. The second kappa shape index (κ2) is 5.14. The summed E-state index contributed by atoms with van der Waals surface area (Å²) in [5.74, 6) is -1.14. The Bertz CT molecular complexity index is 337. The van der Waals surface area contributed by atoms with Crippen molar-refractivity contribution < 1.29 is 9.90 Å². The van der Waals surface area contributed by atoms with E-state index in [9.17, 15) is 4.79 Å². The van der Waals surface area contributed by atoms with E-state index in [-0.39, 0.29) is 5.92 Å². The first-order valence-corrected chi connectivity index (χ1v) is 5.18. The molecule has 0 radical (unpaired) electrons. The zero-order valence-electron chi connectivity index (χ0n) is 8.48. The van der Waals surface area contributed by atoms with E-state index in [2.05, 4.69) is 0 Å². The number of nitrogens with two attached hydrogens (primary N) is 1. The summed E-state index contributed by atoms with van der Waals surface area (Å²) in [7, 11) is 0. The number of hydrogen-bond donors (Lipinski definition) is 2. The van der Waals surface area contributed by atoms with Crippen molar-refractivity contribution in [1.82, 2.24) is 0 Å². The van der Waals surface area contributed by atoms with Gasteiger partial charge in [-0.05, 0) is 24.1 Å². The minimum absolute atomic E-state index is 0.167. The average Bonchev–Trinajstić information content (AvgIpc) is 2.21. The van der Waals surface area contributed by atoms with Gasteiger partial charge in [-0.15, -0.1) is 0 Å². The molecule has 0 fully saturated rings. The predicted octanol–water partition coefficient (Wildman–Crippen LogP) is 2.25. The van der Waals surface area contributed by atoms with Crippen LogP contribution in [0.3, 0.4) is 0 Å². The van der Waals surface area contributed by atoms with Crippen molar-refractivity contribution in [3.05, 3.63) is 34.9 Å². The van der Waals surface area contributed by atoms with Crippen LogP contribution in [0.4, 0.5) is 0 Å². The standard InChI is InChI=1S/C11H14ClNO2/c1-2-9(10(13)11(14)15)7-3-5-8(12)6-4-7/h3-6,9-10H,2,13H2,1H3,(H,14,15)/t9?,10-/m0/s1. The van der Waals surface area contributed by atoms with Crippen LogP contribution in [0.25, 0.3) is 0 Å². The maximum atomic E-state index is 10.8. The molecule has 3 nitrogen and oxygen atoms in total. The van der Waals surface area contributed by atoms with Crippen LogP contribution < -0.4 is 5.73 Å². The van der Waals surface area contributed by atoms with Crippen LogP contribution in [0, 0.1) is 0 Å². The largest absolute Gasteiger partial charge is 0.480 e. The highest BCUT2D eigenvalue weighted by Gasteiger charge is 2.23. The Hall–Kier alpha value is -1.06. The van der Waals surface area contributed by atoms with E-state index in [1.165, 1.54) is 0 Å². The second-order valence-corrected chi connectivity index (χ2v) is 3.87. The lowest BCUT2D eigenvalue weighted by molar-refractivity contribution is -0.139. The van der Waals surface area contributed by atoms with Gasteiger partial charge >= 0.3 is 5.97 Å². The van der Waals surface area contributed by atoms with Gasteiger partial charge < -0.3 is 10.8 Å². The van der Waals surface area contributed by atoms with Crippen LogP contribution in [0.1, 0.15) is 24.8 Å². The monoisotopic (exact) mass is 227 g/mol. The van der Waals surface area contributed by atoms with Crippen LogP contribution in [0.2, 0.25) is 5.02 Å². The number of rotatable bonds is 4. The summed E-state index contributed by atoms with van der Waals surface area (Å²) in [6.07, 6.45) is 0.690. The molecule has 0 heterocycles. The molecular weight excluding hydrogens is 214 g/mol. The number of carboxylic acid groups (broad SMARTS) is 1. The topological polar surface area (TPSA) is 63.3 Å². The Morgan fingerprint density at radius 2 is 2.00 bits per heavy atom. The van der Waals surface area contributed by atoms with E-state index in [1.54, 1.807) is 12.1 Å². The number of hydrogen-bond acceptors (Lipinski definition) is 2. The third kappa shape index (κ3) is 2.94. The number of carbonyl (C=O) groups is 1. The Labute approximate surface area is 93.9 Å². The first kappa shape index (κ1) is 12.0. The van der Waals surface area contributed by atoms with Gasteiger partial charge in [-0.3, -0.25) is 4.79 Å². The average molecular weight is 228 g/mol. The fourth-order valence-electron chi connectivity index (χ4n) is 1.58. The third-order valence-corrected chi connectivity index (χ3v) is 2.71. The van der Waals surface area contributed by atoms with Crippen LogP contribution in [0.5, 0.6) is 0 Å². The summed E-state index contributed by atoms with van der Waals surface area (Å²) >= 11 is 5.75. The summed E-state index contributed by atoms with van der Waals surface area (Å²) in [5.41, 5.74) is 6.52. The highest BCUT2D eigenvalue weighted by Crippen LogP contribution is 2.23. The van der Waals surface area contributed by atoms with Gasteiger partial charge in [-0.25, -0.2) is 0 Å². The van der Waals surface area contributed by atoms with Crippen molar-refractivity contribution in [3.8, 4) is 0 Å². The lowest BCUT2D eigenvalue weighted by Gasteiger charge is -2.19. The van der Waals surface area contributed by atoms with E-state index >= 15 is 0 Å². The van der Waals surface area contributed by atoms with Crippen molar-refractivity contribution >= 4 is 17.6 Å². The molecule has 1 aromatic carbocycles. The number of carboxylic acids is 1. The molecule has 1 rings (SSSR count). The molecule has 1 aromatic rings. The molecule has 3 N–H and O–H groups in total. The van der Waals surface area contributed by atoms with Crippen molar-refractivity contribution in [2.45, 2.75) is 25.3 Å². The maximum absolute atomic E-state index is 10.8. The Balaban J connectivity index is 2.92. The third-order valence-electron chi connectivity index (χ3n) is 2.46. The van der Waals surface area contributed by atoms with E-state index in [4.69, 9.17) is 22.4 Å². The van der Waals surface area contributed by atoms with Crippen LogP contribution in [-0.4, -0.2) is 17.1 Å². The zero-order chi connectivity index (χ0) is 11.4. The van der Waals surface area contributed by atoms with Crippen molar-refractivity contribution in [2.24, 2.45) is 5.73 Å². The molecule has 15 heavy (non-hydrogen) atoms. The van der Waals surface area contributed by atoms with Gasteiger partial charge in [0.15, 0.2) is 0 Å². The van der Waals surface area contributed by atoms with Crippen LogP contribution >= 0.6 is 11.6 Å². The minimum atomic E-state index is -0.975. The number of aliphatic carboxylic acids is 1. The van der Waals surface area contributed by atoms with Gasteiger partial charge in [0.25, 0.3) is 0 Å². The quantitative estimate of drug-likeness (QED) is 0.829. The second-order valence-electron chi connectivity index (χ2n) is 3.43. The molecule has 0 saturated heterocycles. The fraction of sp³-hybridized carbons (Fsp3) is 0.364.